The Morgan fingerprint density at radius 2 is 0.907 bits per heavy atom. The summed E-state index contributed by atoms with van der Waals surface area (Å²) in [7, 11) is 0. The first-order chi connectivity index (χ1) is 20.4. The van der Waals surface area contributed by atoms with Crippen LogP contribution in [-0.4, -0.2) is 0 Å². The fourth-order valence-corrected chi connectivity index (χ4v) is 6.78. The molecule has 0 bridgehead atoms. The summed E-state index contributed by atoms with van der Waals surface area (Å²) >= 11 is 1.39. The Hall–Kier alpha value is -4.48. The summed E-state index contributed by atoms with van der Waals surface area (Å²) in [4.78, 5) is 27.8. The zero-order valence-electron chi connectivity index (χ0n) is 25.1. The molecule has 3 heterocycles. The highest BCUT2D eigenvalue weighted by molar-refractivity contribution is 7.18. The highest BCUT2D eigenvalue weighted by Crippen LogP contribution is 2.37. The van der Waals surface area contributed by atoms with Gasteiger partial charge in [-0.2, -0.15) is 0 Å². The molecule has 43 heavy (non-hydrogen) atoms. The van der Waals surface area contributed by atoms with Gasteiger partial charge >= 0.3 is 11.3 Å². The quantitative estimate of drug-likeness (QED) is 0.150. The maximum atomic E-state index is 13.1. The van der Waals surface area contributed by atoms with Gasteiger partial charge in [0.2, 0.25) is 0 Å². The molecule has 0 aliphatic carbocycles. The molecule has 0 amide bonds. The number of rotatable bonds is 2. The van der Waals surface area contributed by atoms with E-state index < -0.39 is 11.3 Å². The van der Waals surface area contributed by atoms with E-state index in [0.717, 1.165) is 42.1 Å². The monoisotopic (exact) mass is 584 g/mol. The zero-order valence-corrected chi connectivity index (χ0v) is 25.9. The van der Waals surface area contributed by atoms with E-state index in [2.05, 4.69) is 77.9 Å². The Balaban J connectivity index is 1.35. The third-order valence-corrected chi connectivity index (χ3v) is 9.49. The van der Waals surface area contributed by atoms with Crippen LogP contribution in [0.4, 0.5) is 0 Å². The lowest BCUT2D eigenvalue weighted by atomic mass is 9.85. The van der Waals surface area contributed by atoms with Crippen LogP contribution in [0, 0.1) is 0 Å². The first-order valence-corrected chi connectivity index (χ1v) is 15.3. The van der Waals surface area contributed by atoms with Crippen LogP contribution in [0.25, 0.3) is 64.4 Å². The normalized spacial score (nSPS) is 12.6. The predicted molar refractivity (Wildman–Crippen MR) is 180 cm³/mol. The van der Waals surface area contributed by atoms with E-state index in [-0.39, 0.29) is 10.8 Å². The molecule has 3 aromatic heterocycles. The van der Waals surface area contributed by atoms with Crippen LogP contribution >= 0.6 is 11.3 Å². The molecule has 0 aliphatic rings. The average molecular weight is 585 g/mol. The van der Waals surface area contributed by atoms with E-state index in [1.807, 2.05) is 48.5 Å². The molecule has 7 aromatic rings. The van der Waals surface area contributed by atoms with Crippen LogP contribution in [0.3, 0.4) is 0 Å². The smallest absolute Gasteiger partial charge is 0.345 e. The van der Waals surface area contributed by atoms with Gasteiger partial charge in [0, 0.05) is 20.5 Å². The van der Waals surface area contributed by atoms with Gasteiger partial charge in [-0.05, 0) is 79.9 Å². The molecule has 0 saturated heterocycles. The van der Waals surface area contributed by atoms with Gasteiger partial charge in [-0.15, -0.1) is 11.3 Å². The van der Waals surface area contributed by atoms with Gasteiger partial charge in [-0.3, -0.25) is 0 Å². The van der Waals surface area contributed by atoms with Crippen molar-refractivity contribution in [3.05, 3.63) is 117 Å². The first kappa shape index (κ1) is 27.4. The summed E-state index contributed by atoms with van der Waals surface area (Å²) in [5.41, 5.74) is 3.80. The molecular formula is C38H32O4S. The van der Waals surface area contributed by atoms with Crippen molar-refractivity contribution in [1.29, 1.82) is 0 Å². The topological polar surface area (TPSA) is 60.4 Å². The van der Waals surface area contributed by atoms with Gasteiger partial charge in [0.15, 0.2) is 0 Å². The first-order valence-electron chi connectivity index (χ1n) is 14.5. The van der Waals surface area contributed by atoms with Crippen LogP contribution in [0.1, 0.15) is 52.7 Å². The lowest BCUT2D eigenvalue weighted by Gasteiger charge is -2.19. The van der Waals surface area contributed by atoms with Crippen molar-refractivity contribution in [2.75, 3.05) is 0 Å². The number of fused-ring (bicyclic) bond motifs is 6. The number of hydrogen-bond acceptors (Lipinski definition) is 5. The van der Waals surface area contributed by atoms with Gasteiger partial charge < -0.3 is 8.83 Å². The van der Waals surface area contributed by atoms with E-state index in [9.17, 15) is 9.59 Å². The molecule has 0 aliphatic heterocycles. The molecule has 0 saturated carbocycles. The Morgan fingerprint density at radius 3 is 1.30 bits per heavy atom. The van der Waals surface area contributed by atoms with Gasteiger partial charge in [0.25, 0.3) is 0 Å². The van der Waals surface area contributed by atoms with Gasteiger partial charge in [-0.1, -0.05) is 90.1 Å². The van der Waals surface area contributed by atoms with E-state index in [1.54, 1.807) is 0 Å². The van der Waals surface area contributed by atoms with Crippen LogP contribution in [0.15, 0.2) is 103 Å². The molecule has 0 unspecified atom stereocenters. The second-order valence-electron chi connectivity index (χ2n) is 13.4. The lowest BCUT2D eigenvalue weighted by molar-refractivity contribution is 0.564. The number of hydrogen-bond donors (Lipinski definition) is 0. The van der Waals surface area contributed by atoms with E-state index >= 15 is 0 Å². The molecule has 4 nitrogen and oxygen atoms in total. The maximum absolute atomic E-state index is 13.1. The molecule has 7 rings (SSSR count). The van der Waals surface area contributed by atoms with E-state index in [0.29, 0.717) is 22.3 Å². The molecule has 0 N–H and O–H groups in total. The van der Waals surface area contributed by atoms with Crippen molar-refractivity contribution in [2.45, 2.75) is 52.4 Å². The minimum Gasteiger partial charge on any atom is -0.422 e. The Kier molecular flexibility index (Phi) is 6.05. The predicted octanol–water partition coefficient (Wildman–Crippen LogP) is 10.2. The summed E-state index contributed by atoms with van der Waals surface area (Å²) < 4.78 is 11.6. The molecule has 0 radical (unpaired) electrons. The van der Waals surface area contributed by atoms with Crippen molar-refractivity contribution in [2.24, 2.45) is 0 Å². The Bertz CT molecular complexity index is 2190. The maximum Gasteiger partial charge on any atom is 0.345 e. The number of benzene rings is 4. The Labute approximate surface area is 253 Å². The van der Waals surface area contributed by atoms with Crippen molar-refractivity contribution < 1.29 is 8.83 Å². The van der Waals surface area contributed by atoms with Gasteiger partial charge in [0.05, 0.1) is 11.1 Å². The largest absolute Gasteiger partial charge is 0.422 e. The third-order valence-electron chi connectivity index (χ3n) is 8.33. The van der Waals surface area contributed by atoms with Crippen LogP contribution in [0.2, 0.25) is 0 Å². The van der Waals surface area contributed by atoms with Crippen molar-refractivity contribution >= 4 is 54.8 Å². The zero-order chi connectivity index (χ0) is 30.3. The van der Waals surface area contributed by atoms with Crippen LogP contribution < -0.4 is 11.3 Å². The van der Waals surface area contributed by atoms with Gasteiger partial charge in [0.1, 0.15) is 11.2 Å². The molecule has 0 spiro atoms. The summed E-state index contributed by atoms with van der Waals surface area (Å²) in [5, 5.41) is 6.03. The van der Waals surface area contributed by atoms with Crippen LogP contribution in [-0.2, 0) is 10.8 Å². The standard InChI is InChI=1S/C38H32O4S/c1-37(2,3)23-9-11-25-21(17-23)7-13-31-27(25)19-29(35(39)41-31)33-15-16-34(43-33)30-20-28-26-12-10-24(38(4,5)6)18-22(26)8-14-32(28)42-36(30)40/h7-20H,1-6H3. The highest BCUT2D eigenvalue weighted by atomic mass is 32.1. The summed E-state index contributed by atoms with van der Waals surface area (Å²) in [5.74, 6) is 0. The SMILES string of the molecule is CC(C)(C)c1ccc2c(ccc3oc(=O)c(-c4ccc(-c5cc6c(ccc7cc(C(C)(C)C)ccc76)oc5=O)s4)cc32)c1. The van der Waals surface area contributed by atoms with Crippen molar-refractivity contribution in [1.82, 2.24) is 0 Å². The molecule has 4 aromatic carbocycles. The minimum atomic E-state index is -0.405. The molecule has 0 fully saturated rings. The second kappa shape index (κ2) is 9.51. The van der Waals surface area contributed by atoms with E-state index in [4.69, 9.17) is 8.83 Å². The highest BCUT2D eigenvalue weighted by Gasteiger charge is 2.19. The lowest BCUT2D eigenvalue weighted by Crippen LogP contribution is -2.10. The second-order valence-corrected chi connectivity index (χ2v) is 14.5. The molecular weight excluding hydrogens is 552 g/mol. The fourth-order valence-electron chi connectivity index (χ4n) is 5.76. The molecule has 0 atom stereocenters. The summed E-state index contributed by atoms with van der Waals surface area (Å²) in [6, 6.07) is 28.2. The van der Waals surface area contributed by atoms with Crippen molar-refractivity contribution in [3.8, 4) is 20.9 Å². The number of thiophene rings is 1. The molecule has 5 heteroatoms. The molecule has 214 valence electrons. The fraction of sp³-hybridized carbons (Fsp3) is 0.211. The summed E-state index contributed by atoms with van der Waals surface area (Å²) in [6.45, 7) is 13.2. The van der Waals surface area contributed by atoms with Crippen LogP contribution in [0.5, 0.6) is 0 Å². The van der Waals surface area contributed by atoms with E-state index in [1.165, 1.54) is 22.5 Å². The Morgan fingerprint density at radius 1 is 0.488 bits per heavy atom. The van der Waals surface area contributed by atoms with Gasteiger partial charge in [-0.25, -0.2) is 9.59 Å². The summed E-state index contributed by atoms with van der Waals surface area (Å²) in [6.07, 6.45) is 0. The minimum absolute atomic E-state index is 0.0298. The third kappa shape index (κ3) is 4.68. The van der Waals surface area contributed by atoms with Crippen molar-refractivity contribution in [3.63, 3.8) is 0 Å². The average Bonchev–Trinajstić information content (AvgIpc) is 3.44.